The van der Waals surface area contributed by atoms with E-state index in [0.29, 0.717) is 12.2 Å². The summed E-state index contributed by atoms with van der Waals surface area (Å²) in [6.45, 7) is 3.10. The standard InChI is InChI=1S/C13H18BrF3N2/c1-9(2)19(8-13(15,16)17)12-6-11(14)5-4-10(12)7-18-3/h4-6,9,18H,7-8H2,1-3H3. The third-order valence-electron chi connectivity index (χ3n) is 2.70. The van der Waals surface area contributed by atoms with Gasteiger partial charge in [-0.3, -0.25) is 0 Å². The van der Waals surface area contributed by atoms with E-state index in [2.05, 4.69) is 21.2 Å². The van der Waals surface area contributed by atoms with Gasteiger partial charge in [0.05, 0.1) is 0 Å². The fraction of sp³-hybridized carbons (Fsp3) is 0.538. The molecular weight excluding hydrogens is 321 g/mol. The Labute approximate surface area is 120 Å². The molecule has 0 fully saturated rings. The Hall–Kier alpha value is -0.750. The molecule has 1 N–H and O–H groups in total. The zero-order valence-corrected chi connectivity index (χ0v) is 12.8. The molecule has 0 radical (unpaired) electrons. The monoisotopic (exact) mass is 338 g/mol. The third kappa shape index (κ3) is 5.03. The van der Waals surface area contributed by atoms with Crippen molar-refractivity contribution in [1.82, 2.24) is 5.32 Å². The van der Waals surface area contributed by atoms with Crippen LogP contribution in [0, 0.1) is 0 Å². The average Bonchev–Trinajstić information content (AvgIpc) is 2.27. The van der Waals surface area contributed by atoms with Gasteiger partial charge in [0.2, 0.25) is 0 Å². The van der Waals surface area contributed by atoms with Crippen LogP contribution in [0.25, 0.3) is 0 Å². The smallest absolute Gasteiger partial charge is 0.360 e. The molecule has 0 bridgehead atoms. The molecule has 6 heteroatoms. The second kappa shape index (κ2) is 6.61. The fourth-order valence-electron chi connectivity index (χ4n) is 1.88. The molecule has 0 aliphatic rings. The first kappa shape index (κ1) is 16.3. The predicted molar refractivity (Wildman–Crippen MR) is 75.4 cm³/mol. The first-order valence-electron chi connectivity index (χ1n) is 6.01. The Balaban J connectivity index is 3.17. The number of hydrogen-bond donors (Lipinski definition) is 1. The van der Waals surface area contributed by atoms with Gasteiger partial charge in [0.15, 0.2) is 0 Å². The Bertz CT molecular complexity index is 419. The van der Waals surface area contributed by atoms with Crippen LogP contribution in [0.2, 0.25) is 0 Å². The number of rotatable bonds is 5. The molecule has 1 aromatic carbocycles. The van der Waals surface area contributed by atoms with Crippen molar-refractivity contribution in [1.29, 1.82) is 0 Å². The zero-order chi connectivity index (χ0) is 14.6. The van der Waals surface area contributed by atoms with Crippen molar-refractivity contribution < 1.29 is 13.2 Å². The van der Waals surface area contributed by atoms with Gasteiger partial charge in [-0.15, -0.1) is 0 Å². The van der Waals surface area contributed by atoms with Gasteiger partial charge in [0.1, 0.15) is 6.54 Å². The minimum atomic E-state index is -4.22. The lowest BCUT2D eigenvalue weighted by atomic mass is 10.1. The van der Waals surface area contributed by atoms with Crippen molar-refractivity contribution in [3.8, 4) is 0 Å². The highest BCUT2D eigenvalue weighted by atomic mass is 79.9. The molecule has 0 saturated carbocycles. The van der Waals surface area contributed by atoms with E-state index in [1.807, 2.05) is 12.1 Å². The lowest BCUT2D eigenvalue weighted by Gasteiger charge is -2.32. The molecule has 1 rings (SSSR count). The summed E-state index contributed by atoms with van der Waals surface area (Å²) in [5.41, 5.74) is 1.46. The summed E-state index contributed by atoms with van der Waals surface area (Å²) in [5.74, 6) is 0. The van der Waals surface area contributed by atoms with Gasteiger partial charge in [-0.1, -0.05) is 22.0 Å². The van der Waals surface area contributed by atoms with E-state index >= 15 is 0 Å². The van der Waals surface area contributed by atoms with Gasteiger partial charge in [0, 0.05) is 22.7 Å². The average molecular weight is 339 g/mol. The van der Waals surface area contributed by atoms with Crippen molar-refractivity contribution in [2.24, 2.45) is 0 Å². The van der Waals surface area contributed by atoms with Crippen LogP contribution in [0.5, 0.6) is 0 Å². The molecule has 0 atom stereocenters. The van der Waals surface area contributed by atoms with Crippen LogP contribution in [-0.4, -0.2) is 25.8 Å². The lowest BCUT2D eigenvalue weighted by molar-refractivity contribution is -0.120. The molecule has 0 spiro atoms. The van der Waals surface area contributed by atoms with Crippen LogP contribution in [0.3, 0.4) is 0 Å². The molecule has 0 aliphatic carbocycles. The Morgan fingerprint density at radius 2 is 1.95 bits per heavy atom. The molecule has 2 nitrogen and oxygen atoms in total. The summed E-state index contributed by atoms with van der Waals surface area (Å²) in [6.07, 6.45) is -4.22. The molecule has 108 valence electrons. The Morgan fingerprint density at radius 1 is 1.32 bits per heavy atom. The number of halogens is 4. The van der Waals surface area contributed by atoms with Gasteiger partial charge in [0.25, 0.3) is 0 Å². The summed E-state index contributed by atoms with van der Waals surface area (Å²) in [5, 5.41) is 2.98. The SMILES string of the molecule is CNCc1ccc(Br)cc1N(CC(F)(F)F)C(C)C. The topological polar surface area (TPSA) is 15.3 Å². The van der Waals surface area contributed by atoms with E-state index in [1.54, 1.807) is 27.0 Å². The minimum Gasteiger partial charge on any atom is -0.360 e. The van der Waals surface area contributed by atoms with Crippen molar-refractivity contribution >= 4 is 21.6 Å². The van der Waals surface area contributed by atoms with Crippen LogP contribution in [0.15, 0.2) is 22.7 Å². The summed E-state index contributed by atoms with van der Waals surface area (Å²) in [6, 6.07) is 5.18. The van der Waals surface area contributed by atoms with Crippen molar-refractivity contribution in [3.05, 3.63) is 28.2 Å². The van der Waals surface area contributed by atoms with Crippen LogP contribution < -0.4 is 10.2 Å². The molecule has 0 aliphatic heterocycles. The van der Waals surface area contributed by atoms with Crippen LogP contribution >= 0.6 is 15.9 Å². The fourth-order valence-corrected chi connectivity index (χ4v) is 2.23. The number of nitrogens with one attached hydrogen (secondary N) is 1. The summed E-state index contributed by atoms with van der Waals surface area (Å²) in [7, 11) is 1.77. The van der Waals surface area contributed by atoms with Crippen molar-refractivity contribution in [2.75, 3.05) is 18.5 Å². The number of nitrogens with zero attached hydrogens (tertiary/aromatic N) is 1. The second-order valence-electron chi connectivity index (χ2n) is 4.64. The maximum absolute atomic E-state index is 12.7. The van der Waals surface area contributed by atoms with E-state index < -0.39 is 12.7 Å². The first-order chi connectivity index (χ1) is 8.74. The molecule has 0 aromatic heterocycles. The Kier molecular flexibility index (Phi) is 5.67. The van der Waals surface area contributed by atoms with E-state index in [4.69, 9.17) is 0 Å². The quantitative estimate of drug-likeness (QED) is 0.874. The number of anilines is 1. The second-order valence-corrected chi connectivity index (χ2v) is 5.56. The highest BCUT2D eigenvalue weighted by molar-refractivity contribution is 9.10. The molecular formula is C13H18BrF3N2. The summed E-state index contributed by atoms with van der Waals surface area (Å²) >= 11 is 3.32. The summed E-state index contributed by atoms with van der Waals surface area (Å²) in [4.78, 5) is 1.37. The normalized spacial score (nSPS) is 12.0. The molecule has 0 heterocycles. The van der Waals surface area contributed by atoms with Gasteiger partial charge in [-0.25, -0.2) is 0 Å². The highest BCUT2D eigenvalue weighted by Crippen LogP contribution is 2.30. The maximum Gasteiger partial charge on any atom is 0.405 e. The first-order valence-corrected chi connectivity index (χ1v) is 6.80. The number of alkyl halides is 3. The van der Waals surface area contributed by atoms with Crippen LogP contribution in [0.1, 0.15) is 19.4 Å². The largest absolute Gasteiger partial charge is 0.405 e. The maximum atomic E-state index is 12.7. The number of hydrogen-bond acceptors (Lipinski definition) is 2. The lowest BCUT2D eigenvalue weighted by Crippen LogP contribution is -2.39. The van der Waals surface area contributed by atoms with Crippen LogP contribution in [-0.2, 0) is 6.54 Å². The van der Waals surface area contributed by atoms with Gasteiger partial charge >= 0.3 is 6.18 Å². The molecule has 1 aromatic rings. The van der Waals surface area contributed by atoms with Crippen LogP contribution in [0.4, 0.5) is 18.9 Å². The van der Waals surface area contributed by atoms with Crippen molar-refractivity contribution in [2.45, 2.75) is 32.6 Å². The highest BCUT2D eigenvalue weighted by Gasteiger charge is 2.32. The van der Waals surface area contributed by atoms with E-state index in [9.17, 15) is 13.2 Å². The minimum absolute atomic E-state index is 0.230. The third-order valence-corrected chi connectivity index (χ3v) is 3.19. The zero-order valence-electron chi connectivity index (χ0n) is 11.2. The molecule has 0 saturated heterocycles. The van der Waals surface area contributed by atoms with E-state index in [-0.39, 0.29) is 6.04 Å². The molecule has 0 unspecified atom stereocenters. The molecule has 19 heavy (non-hydrogen) atoms. The predicted octanol–water partition coefficient (Wildman–Crippen LogP) is 3.95. The van der Waals surface area contributed by atoms with Gasteiger partial charge in [-0.05, 0) is 38.6 Å². The van der Waals surface area contributed by atoms with Gasteiger partial charge in [-0.2, -0.15) is 13.2 Å². The van der Waals surface area contributed by atoms with Gasteiger partial charge < -0.3 is 10.2 Å². The van der Waals surface area contributed by atoms with Crippen molar-refractivity contribution in [3.63, 3.8) is 0 Å². The van der Waals surface area contributed by atoms with E-state index in [0.717, 1.165) is 10.0 Å². The summed E-state index contributed by atoms with van der Waals surface area (Å²) < 4.78 is 38.9. The molecule has 0 amide bonds. The van der Waals surface area contributed by atoms with E-state index in [1.165, 1.54) is 4.90 Å². The number of benzene rings is 1. The Morgan fingerprint density at radius 3 is 2.42 bits per heavy atom.